The van der Waals surface area contributed by atoms with Gasteiger partial charge in [-0.3, -0.25) is 0 Å². The van der Waals surface area contributed by atoms with Gasteiger partial charge >= 0.3 is 0 Å². The van der Waals surface area contributed by atoms with E-state index in [1.54, 1.807) is 0 Å². The van der Waals surface area contributed by atoms with Crippen molar-refractivity contribution in [2.24, 2.45) is 0 Å². The smallest absolute Gasteiger partial charge is 0.256 e. The number of anilines is 9. The Morgan fingerprint density at radius 3 is 1.47 bits per heavy atom. The number of hydrogen-bond donors (Lipinski definition) is 0. The van der Waals surface area contributed by atoms with Crippen molar-refractivity contribution < 1.29 is 9.15 Å². The third-order valence-corrected chi connectivity index (χ3v) is 21.7. The second-order valence-electron chi connectivity index (χ2n) is 29.5. The van der Waals surface area contributed by atoms with Crippen molar-refractivity contribution in [3.63, 3.8) is 0 Å². The Morgan fingerprint density at radius 2 is 0.810 bits per heavy atom. The normalized spacial score (nSPS) is 13.5. The highest BCUT2D eigenvalue weighted by Gasteiger charge is 2.49. The molecule has 8 heteroatoms. The fraction of sp³-hybridized carbons (Fsp3) is 0.0870. The summed E-state index contributed by atoms with van der Waals surface area (Å²) >= 11 is 0. The van der Waals surface area contributed by atoms with Crippen LogP contribution in [0.3, 0.4) is 0 Å². The molecule has 4 aliphatic heterocycles. The summed E-state index contributed by atoms with van der Waals surface area (Å²) in [5.41, 5.74) is 30.9. The summed E-state index contributed by atoms with van der Waals surface area (Å²) < 4.78 is 17.6. The largest absolute Gasteiger partial charge is 0.458 e. The molecule has 0 spiro atoms. The van der Waals surface area contributed by atoms with Crippen LogP contribution >= 0.6 is 0 Å². The second kappa shape index (κ2) is 21.8. The molecule has 0 unspecified atom stereocenters. The van der Waals surface area contributed by atoms with Gasteiger partial charge in [0.25, 0.3) is 13.4 Å². The first kappa shape index (κ1) is 58.2. The maximum atomic E-state index is 7.90. The van der Waals surface area contributed by atoms with Gasteiger partial charge in [0.15, 0.2) is 5.58 Å². The molecule has 20 rings (SSSR count). The maximum absolute atomic E-state index is 7.90. The van der Waals surface area contributed by atoms with Crippen LogP contribution in [-0.2, 0) is 10.8 Å². The van der Waals surface area contributed by atoms with Crippen LogP contribution in [0.1, 0.15) is 52.7 Å². The van der Waals surface area contributed by atoms with Gasteiger partial charge < -0.3 is 28.4 Å². The molecule has 16 aromatic rings. The van der Waals surface area contributed by atoms with Crippen molar-refractivity contribution >= 4 is 141 Å². The van der Waals surface area contributed by atoms with Gasteiger partial charge in [-0.05, 0) is 156 Å². The minimum atomic E-state index is -0.268. The highest BCUT2D eigenvalue weighted by atomic mass is 16.5. The van der Waals surface area contributed by atoms with Crippen molar-refractivity contribution in [1.82, 2.24) is 4.57 Å². The number of benzene rings is 14. The molecule has 0 saturated heterocycles. The van der Waals surface area contributed by atoms with Crippen LogP contribution in [-0.4, -0.2) is 18.0 Å². The molecule has 100 heavy (non-hydrogen) atoms. The fourth-order valence-corrected chi connectivity index (χ4v) is 17.1. The summed E-state index contributed by atoms with van der Waals surface area (Å²) in [5, 5.41) is 4.64. The van der Waals surface area contributed by atoms with Gasteiger partial charge in [-0.15, -0.1) is 0 Å². The van der Waals surface area contributed by atoms with Crippen molar-refractivity contribution in [1.29, 1.82) is 0 Å². The molecule has 0 radical (unpaired) electrons. The zero-order chi connectivity index (χ0) is 66.9. The highest BCUT2D eigenvalue weighted by Crippen LogP contribution is 2.54. The molecular formula is C92H68B2N4O2. The zero-order valence-corrected chi connectivity index (χ0v) is 56.6. The molecular weight excluding hydrogens is 1210 g/mol. The third kappa shape index (κ3) is 8.65. The van der Waals surface area contributed by atoms with E-state index in [1.165, 1.54) is 54.8 Å². The van der Waals surface area contributed by atoms with E-state index in [1.807, 2.05) is 0 Å². The first-order valence-electron chi connectivity index (χ1n) is 35.0. The van der Waals surface area contributed by atoms with Gasteiger partial charge in [-0.2, -0.15) is 0 Å². The molecule has 6 heterocycles. The number of ether oxygens (including phenoxy) is 1. The summed E-state index contributed by atoms with van der Waals surface area (Å²) in [6, 6.07) is 113. The lowest BCUT2D eigenvalue weighted by Gasteiger charge is -2.47. The van der Waals surface area contributed by atoms with Gasteiger partial charge in [-0.1, -0.05) is 260 Å². The Balaban J connectivity index is 0.889. The van der Waals surface area contributed by atoms with Gasteiger partial charge in [-0.25, -0.2) is 0 Å². The molecule has 474 valence electrons. The van der Waals surface area contributed by atoms with E-state index >= 15 is 0 Å². The van der Waals surface area contributed by atoms with Crippen molar-refractivity contribution in [3.8, 4) is 50.6 Å². The number of furan rings is 1. The second-order valence-corrected chi connectivity index (χ2v) is 29.5. The lowest BCUT2D eigenvalue weighted by Crippen LogP contribution is -2.64. The molecule has 0 aliphatic carbocycles. The molecule has 0 saturated carbocycles. The van der Waals surface area contributed by atoms with Gasteiger partial charge in [0.2, 0.25) is 0 Å². The Kier molecular flexibility index (Phi) is 12.7. The minimum Gasteiger partial charge on any atom is -0.458 e. The average Bonchev–Trinajstić information content (AvgIpc) is 0.815. The summed E-state index contributed by atoms with van der Waals surface area (Å²) in [7, 11) is 0. The quantitative estimate of drug-likeness (QED) is 0.149. The van der Waals surface area contributed by atoms with Gasteiger partial charge in [0, 0.05) is 84.2 Å². The van der Waals surface area contributed by atoms with E-state index in [-0.39, 0.29) is 24.3 Å². The monoisotopic (exact) mass is 1280 g/mol. The maximum Gasteiger partial charge on any atom is 0.256 e. The summed E-state index contributed by atoms with van der Waals surface area (Å²) in [6.45, 7) is 13.6. The minimum absolute atomic E-state index is 0.226. The molecule has 0 amide bonds. The van der Waals surface area contributed by atoms with Crippen molar-refractivity contribution in [2.45, 2.75) is 52.4 Å². The predicted molar refractivity (Wildman–Crippen MR) is 422 cm³/mol. The van der Waals surface area contributed by atoms with Crippen molar-refractivity contribution in [3.05, 3.63) is 314 Å². The van der Waals surface area contributed by atoms with Crippen LogP contribution in [0.5, 0.6) is 11.5 Å². The molecule has 0 fully saturated rings. The summed E-state index contributed by atoms with van der Waals surface area (Å²) in [5.74, 6) is 1.70. The van der Waals surface area contributed by atoms with Crippen molar-refractivity contribution in [2.75, 3.05) is 14.7 Å². The Morgan fingerprint density at radius 1 is 0.310 bits per heavy atom. The number of rotatable bonds is 7. The number of hydrogen-bond acceptors (Lipinski definition) is 5. The lowest BCUT2D eigenvalue weighted by molar-refractivity contribution is 0.483. The first-order chi connectivity index (χ1) is 48.9. The Bertz CT molecular complexity index is 5960. The highest BCUT2D eigenvalue weighted by molar-refractivity contribution is 7.02. The van der Waals surface area contributed by atoms with Crippen LogP contribution in [0, 0.1) is 0 Å². The molecule has 4 aliphatic rings. The summed E-state index contributed by atoms with van der Waals surface area (Å²) in [4.78, 5) is 7.71. The molecule has 2 aromatic heterocycles. The predicted octanol–water partition coefficient (Wildman–Crippen LogP) is 20.8. The average molecular weight is 1280 g/mol. The standard InChI is InChI=1S/C92H68B2N4O2/c1-91(2,3)60-50-80-87-81(51-60)98(89-65(58-30-13-8-14-31-58)39-25-40-66(89)59-32-15-9-16-33-59)79-56-84-73(55-72(79)93(87)71-49-48-63(54-78(71)95(80)62-34-17-10-18-35-62)96-74-43-22-19-36-67(74)68-37-20-23-44-75(68)96)94-70-42-21-24-45-76(70)97(82-52-61(92(4,5)6)53-85(99-84)88(82)94)77-46-26-41-69-86-64(57-28-11-7-12-29-57)38-27-47-83(86)100-90(69)77/h7-56H,1-6H3. The topological polar surface area (TPSA) is 37.0 Å². The number of fused-ring (bicyclic) bond motifs is 14. The van der Waals surface area contributed by atoms with Crippen LogP contribution in [0.2, 0.25) is 0 Å². The van der Waals surface area contributed by atoms with Gasteiger partial charge in [0.05, 0.1) is 22.4 Å². The van der Waals surface area contributed by atoms with Crippen LogP contribution in [0.15, 0.2) is 308 Å². The van der Waals surface area contributed by atoms with Crippen LogP contribution < -0.4 is 52.2 Å². The summed E-state index contributed by atoms with van der Waals surface area (Å²) in [6.07, 6.45) is 0. The fourth-order valence-electron chi connectivity index (χ4n) is 17.1. The van der Waals surface area contributed by atoms with E-state index in [0.29, 0.717) is 0 Å². The molecule has 0 bridgehead atoms. The van der Waals surface area contributed by atoms with E-state index in [4.69, 9.17) is 9.15 Å². The first-order valence-corrected chi connectivity index (χ1v) is 35.0. The van der Waals surface area contributed by atoms with E-state index in [9.17, 15) is 0 Å². The van der Waals surface area contributed by atoms with E-state index in [2.05, 4.69) is 364 Å². The number of aromatic nitrogens is 1. The van der Waals surface area contributed by atoms with E-state index in [0.717, 1.165) is 135 Å². The third-order valence-electron chi connectivity index (χ3n) is 21.7. The van der Waals surface area contributed by atoms with Crippen LogP contribution in [0.25, 0.3) is 82.8 Å². The molecule has 6 nitrogen and oxygen atoms in total. The Labute approximate surface area is 583 Å². The van der Waals surface area contributed by atoms with E-state index < -0.39 is 0 Å². The molecule has 0 N–H and O–H groups in total. The number of para-hydroxylation sites is 6. The molecule has 14 aromatic carbocycles. The number of nitrogens with zero attached hydrogens (tertiary/aromatic N) is 4. The SMILES string of the molecule is CC(C)(C)c1cc2c3c(c1)N(c1cccc4c1oc1cccc(-c5ccccc5)c14)c1ccccc1B3c1cc3c(cc1O2)N(c1c(-c2ccccc2)cccc1-c1ccccc1)c1cc(C(C)(C)C)cc2c1B3c1ccc(-n3c4ccccc4c4ccccc43)cc1N2c1ccccc1. The molecule has 0 atom stereocenters. The zero-order valence-electron chi connectivity index (χ0n) is 56.6. The lowest BCUT2D eigenvalue weighted by atomic mass is 9.30. The Hall–Kier alpha value is -12.0. The van der Waals surface area contributed by atoms with Gasteiger partial charge in [0.1, 0.15) is 17.1 Å². The van der Waals surface area contributed by atoms with Crippen LogP contribution in [0.4, 0.5) is 51.2 Å².